The first-order chi connectivity index (χ1) is 5.18. The normalized spacial score (nSPS) is 21.1. The average molecular weight is 171 g/mol. The Morgan fingerprint density at radius 3 is 2.55 bits per heavy atom. The van der Waals surface area contributed by atoms with Crippen LogP contribution < -0.4 is 0 Å². The smallest absolute Gasteiger partial charge is 0.376 e. The van der Waals surface area contributed by atoms with Gasteiger partial charge in [0, 0.05) is 6.54 Å². The summed E-state index contributed by atoms with van der Waals surface area (Å²) in [5.41, 5.74) is 0. The van der Waals surface area contributed by atoms with E-state index < -0.39 is 0 Å². The van der Waals surface area contributed by atoms with Crippen LogP contribution in [0.1, 0.15) is 0 Å². The lowest BCUT2D eigenvalue weighted by Crippen LogP contribution is -2.33. The van der Waals surface area contributed by atoms with Crippen LogP contribution in [0.15, 0.2) is 0 Å². The molecule has 1 saturated heterocycles. The highest BCUT2D eigenvalue weighted by molar-refractivity contribution is 6.29. The van der Waals surface area contributed by atoms with Crippen LogP contribution in [0.4, 0.5) is 0 Å². The van der Waals surface area contributed by atoms with Crippen molar-refractivity contribution in [2.24, 2.45) is 0 Å². The van der Waals surface area contributed by atoms with Gasteiger partial charge >= 0.3 is 15.7 Å². The van der Waals surface area contributed by atoms with Crippen molar-refractivity contribution < 1.29 is 0 Å². The van der Waals surface area contributed by atoms with E-state index in [1.165, 1.54) is 26.2 Å². The first-order valence-electron chi connectivity index (χ1n) is 4.24. The van der Waals surface area contributed by atoms with Gasteiger partial charge in [0.25, 0.3) is 0 Å². The number of hydrogen-bond acceptors (Lipinski definition) is 3. The SMILES string of the molecule is CN(C)CC[N]1CC[N](C)[AlH]1. The van der Waals surface area contributed by atoms with Crippen molar-refractivity contribution in [2.75, 3.05) is 47.3 Å². The number of hydrogen-bond donors (Lipinski definition) is 0. The molecule has 4 heteroatoms. The Balaban J connectivity index is 2.08. The zero-order valence-corrected chi connectivity index (χ0v) is 9.29. The van der Waals surface area contributed by atoms with Crippen LogP contribution in [-0.4, -0.2) is 75.6 Å². The van der Waals surface area contributed by atoms with E-state index in [1.807, 2.05) is 0 Å². The molecule has 0 aliphatic carbocycles. The summed E-state index contributed by atoms with van der Waals surface area (Å²) in [5.74, 6) is 0. The van der Waals surface area contributed by atoms with Gasteiger partial charge in [0.2, 0.25) is 0 Å². The molecule has 11 heavy (non-hydrogen) atoms. The highest BCUT2D eigenvalue weighted by Crippen LogP contribution is 1.97. The van der Waals surface area contributed by atoms with Crippen molar-refractivity contribution in [2.45, 2.75) is 0 Å². The van der Waals surface area contributed by atoms with Crippen molar-refractivity contribution in [1.82, 2.24) is 12.7 Å². The third kappa shape index (κ3) is 3.55. The van der Waals surface area contributed by atoms with Gasteiger partial charge in [-0.15, -0.1) is 0 Å². The van der Waals surface area contributed by atoms with E-state index >= 15 is 0 Å². The van der Waals surface area contributed by atoms with E-state index in [9.17, 15) is 0 Å². The van der Waals surface area contributed by atoms with Gasteiger partial charge in [-0.25, -0.2) is 0 Å². The highest BCUT2D eigenvalue weighted by Gasteiger charge is 2.19. The quantitative estimate of drug-likeness (QED) is 0.508. The van der Waals surface area contributed by atoms with Crippen LogP contribution in [0.3, 0.4) is 0 Å². The van der Waals surface area contributed by atoms with Crippen molar-refractivity contribution in [3.8, 4) is 0 Å². The fraction of sp³-hybridized carbons (Fsp3) is 1.00. The summed E-state index contributed by atoms with van der Waals surface area (Å²) in [5, 5.41) is 0. The zero-order chi connectivity index (χ0) is 8.27. The molecule has 3 nitrogen and oxygen atoms in total. The van der Waals surface area contributed by atoms with Crippen LogP contribution >= 0.6 is 0 Å². The second-order valence-electron chi connectivity index (χ2n) is 3.64. The Morgan fingerprint density at radius 2 is 2.09 bits per heavy atom. The fourth-order valence-electron chi connectivity index (χ4n) is 1.32. The van der Waals surface area contributed by atoms with Gasteiger partial charge in [0.1, 0.15) is 0 Å². The molecule has 0 spiro atoms. The van der Waals surface area contributed by atoms with E-state index in [0.29, 0.717) is 0 Å². The lowest BCUT2D eigenvalue weighted by Gasteiger charge is -2.17. The van der Waals surface area contributed by atoms with Crippen LogP contribution in [0.25, 0.3) is 0 Å². The molecule has 64 valence electrons. The Bertz CT molecular complexity index is 118. The fourth-order valence-corrected chi connectivity index (χ4v) is 2.85. The lowest BCUT2D eigenvalue weighted by molar-refractivity contribution is 0.353. The Hall–Kier alpha value is 0.412. The molecule has 0 atom stereocenters. The largest absolute Gasteiger partial charge is 0.463 e. The van der Waals surface area contributed by atoms with Gasteiger partial charge < -0.3 is 12.7 Å². The molecule has 0 aromatic carbocycles. The van der Waals surface area contributed by atoms with Crippen LogP contribution in [0.5, 0.6) is 0 Å². The molecule has 1 heterocycles. The predicted octanol–water partition coefficient (Wildman–Crippen LogP) is -0.938. The van der Waals surface area contributed by atoms with Gasteiger partial charge in [-0.3, -0.25) is 0 Å². The maximum absolute atomic E-state index is 2.62. The number of nitrogens with zero attached hydrogens (tertiary/aromatic N) is 3. The number of likely N-dealkylation sites (N-methyl/N-ethyl adjacent to an activating group) is 2. The second kappa shape index (κ2) is 4.44. The minimum absolute atomic E-state index is 0.0214. The van der Waals surface area contributed by atoms with E-state index in [2.05, 4.69) is 33.8 Å². The summed E-state index contributed by atoms with van der Waals surface area (Å²) in [7, 11) is 6.52. The molecular weight excluding hydrogens is 153 g/mol. The lowest BCUT2D eigenvalue weighted by atomic mass is 10.5. The highest BCUT2D eigenvalue weighted by atomic mass is 27.1. The molecule has 1 rings (SSSR count). The first-order valence-corrected chi connectivity index (χ1v) is 5.50. The van der Waals surface area contributed by atoms with Gasteiger partial charge in [0.15, 0.2) is 0 Å². The van der Waals surface area contributed by atoms with E-state index in [-0.39, 0.29) is 15.7 Å². The summed E-state index contributed by atoms with van der Waals surface area (Å²) in [6.07, 6.45) is 0. The van der Waals surface area contributed by atoms with Crippen molar-refractivity contribution in [1.29, 1.82) is 0 Å². The van der Waals surface area contributed by atoms with Crippen LogP contribution in [0.2, 0.25) is 0 Å². The maximum atomic E-state index is 2.62. The molecule has 0 bridgehead atoms. The Morgan fingerprint density at radius 1 is 1.36 bits per heavy atom. The van der Waals surface area contributed by atoms with Crippen LogP contribution in [0, 0.1) is 0 Å². The molecule has 0 amide bonds. The predicted molar refractivity (Wildman–Crippen MR) is 49.9 cm³/mol. The molecule has 0 aromatic rings. The van der Waals surface area contributed by atoms with Gasteiger partial charge in [-0.1, -0.05) is 0 Å². The third-order valence-electron chi connectivity index (χ3n) is 2.10. The van der Waals surface area contributed by atoms with E-state index in [1.54, 1.807) is 0 Å². The van der Waals surface area contributed by atoms with Gasteiger partial charge in [-0.2, -0.15) is 0 Å². The molecule has 1 fully saturated rings. The maximum Gasteiger partial charge on any atom is 0.463 e. The molecule has 1 aliphatic rings. The first kappa shape index (κ1) is 9.50. The summed E-state index contributed by atoms with van der Waals surface area (Å²) in [6.45, 7) is 5.07. The molecule has 0 unspecified atom stereocenters. The molecule has 0 N–H and O–H groups in total. The van der Waals surface area contributed by atoms with Gasteiger partial charge in [0.05, 0.1) is 0 Å². The minimum Gasteiger partial charge on any atom is -0.376 e. The third-order valence-corrected chi connectivity index (χ3v) is 3.93. The summed E-state index contributed by atoms with van der Waals surface area (Å²) < 4.78 is 5.12. The Labute approximate surface area is 76.1 Å². The second-order valence-corrected chi connectivity index (χ2v) is 5.90. The average Bonchev–Trinajstić information content (AvgIpc) is 2.31. The van der Waals surface area contributed by atoms with E-state index in [4.69, 9.17) is 0 Å². The standard InChI is InChI=1S/C7H17N3.Al.H/c1-8-4-5-9-6-7-10(2)3;;/h4-7H2,1-3H3;;/q-2;+2;. The molecule has 0 radical (unpaired) electrons. The van der Waals surface area contributed by atoms with Crippen molar-refractivity contribution in [3.63, 3.8) is 0 Å². The van der Waals surface area contributed by atoms with E-state index in [0.717, 1.165) is 0 Å². The summed E-state index contributed by atoms with van der Waals surface area (Å²) in [4.78, 5) is 2.26. The molecule has 0 aromatic heterocycles. The van der Waals surface area contributed by atoms with Crippen molar-refractivity contribution >= 4 is 15.7 Å². The molecule has 1 aliphatic heterocycles. The van der Waals surface area contributed by atoms with Gasteiger partial charge in [-0.05, 0) is 40.8 Å². The number of rotatable bonds is 3. The van der Waals surface area contributed by atoms with Crippen molar-refractivity contribution in [3.05, 3.63) is 0 Å². The zero-order valence-electron chi connectivity index (χ0n) is 7.88. The summed E-state index contributed by atoms with van der Waals surface area (Å²) >= 11 is -0.0214. The Kier molecular flexibility index (Phi) is 3.84. The minimum atomic E-state index is -0.0214. The monoisotopic (exact) mass is 171 g/mol. The molecular formula is C7H18AlN3. The molecule has 0 saturated carbocycles. The van der Waals surface area contributed by atoms with Crippen LogP contribution in [-0.2, 0) is 0 Å². The topological polar surface area (TPSA) is 9.72 Å². The summed E-state index contributed by atoms with van der Waals surface area (Å²) in [6, 6.07) is 0.